The van der Waals surface area contributed by atoms with Crippen LogP contribution in [0.25, 0.3) is 0 Å². The monoisotopic (exact) mass is 301 g/mol. The summed E-state index contributed by atoms with van der Waals surface area (Å²) in [6, 6.07) is 2.21. The smallest absolute Gasteiger partial charge is 0.231 e. The summed E-state index contributed by atoms with van der Waals surface area (Å²) in [5.74, 6) is 0.813. The van der Waals surface area contributed by atoms with Gasteiger partial charge in [-0.25, -0.2) is 0 Å². The molecule has 2 aromatic rings. The van der Waals surface area contributed by atoms with Gasteiger partial charge in [-0.2, -0.15) is 10.2 Å². The van der Waals surface area contributed by atoms with Crippen LogP contribution in [-0.2, 0) is 31.1 Å². The number of fused-ring (bicyclic) bond motifs is 1. The normalized spacial score (nSPS) is 14.2. The van der Waals surface area contributed by atoms with Crippen molar-refractivity contribution >= 4 is 11.7 Å². The van der Waals surface area contributed by atoms with E-state index < -0.39 is 0 Å². The maximum atomic E-state index is 12.3. The number of anilines is 1. The fraction of sp³-hybridized carbons (Fsp3) is 0.562. The highest BCUT2D eigenvalue weighted by molar-refractivity contribution is 5.92. The largest absolute Gasteiger partial charge is 0.310 e. The Kier molecular flexibility index (Phi) is 4.00. The van der Waals surface area contributed by atoms with Crippen molar-refractivity contribution < 1.29 is 4.79 Å². The number of amides is 1. The zero-order valence-electron chi connectivity index (χ0n) is 13.5. The summed E-state index contributed by atoms with van der Waals surface area (Å²) in [5.41, 5.74) is 3.13. The van der Waals surface area contributed by atoms with Crippen molar-refractivity contribution in [2.45, 2.75) is 52.0 Å². The second-order valence-electron chi connectivity index (χ2n) is 6.21. The Balaban J connectivity index is 1.70. The molecule has 0 fully saturated rings. The molecule has 0 radical (unpaired) electrons. The zero-order chi connectivity index (χ0) is 15.7. The highest BCUT2D eigenvalue weighted by Crippen LogP contribution is 2.27. The summed E-state index contributed by atoms with van der Waals surface area (Å²) in [4.78, 5) is 12.3. The molecule has 1 N–H and O–H groups in total. The van der Waals surface area contributed by atoms with Gasteiger partial charge in [0.2, 0.25) is 5.91 Å². The average molecular weight is 301 g/mol. The molecule has 1 aliphatic rings. The van der Waals surface area contributed by atoms with Crippen molar-refractivity contribution in [3.63, 3.8) is 0 Å². The molecular weight excluding hydrogens is 278 g/mol. The predicted molar refractivity (Wildman–Crippen MR) is 84.8 cm³/mol. The number of carbonyl (C=O) groups is 1. The van der Waals surface area contributed by atoms with Crippen molar-refractivity contribution in [1.82, 2.24) is 19.6 Å². The number of hydrogen-bond donors (Lipinski definition) is 1. The van der Waals surface area contributed by atoms with Gasteiger partial charge in [0, 0.05) is 24.8 Å². The SMILES string of the molecule is CC(C)n1ccc(CC(=O)Nc2c3c(nn2C)CCCC3)n1. The maximum Gasteiger partial charge on any atom is 0.231 e. The molecule has 6 nitrogen and oxygen atoms in total. The van der Waals surface area contributed by atoms with Gasteiger partial charge in [0.05, 0.1) is 17.8 Å². The molecule has 118 valence electrons. The minimum Gasteiger partial charge on any atom is -0.310 e. The first-order valence-corrected chi connectivity index (χ1v) is 7.93. The minimum absolute atomic E-state index is 0.0367. The Morgan fingerprint density at radius 3 is 2.82 bits per heavy atom. The molecular formula is C16H23N5O. The first-order valence-electron chi connectivity index (χ1n) is 7.93. The van der Waals surface area contributed by atoms with E-state index in [1.807, 2.05) is 24.0 Å². The number of aromatic nitrogens is 4. The number of hydrogen-bond acceptors (Lipinski definition) is 3. The summed E-state index contributed by atoms with van der Waals surface area (Å²) in [5, 5.41) is 12.0. The minimum atomic E-state index is -0.0367. The Hall–Kier alpha value is -2.11. The molecule has 6 heteroatoms. The molecule has 0 unspecified atom stereocenters. The molecule has 1 amide bonds. The topological polar surface area (TPSA) is 64.7 Å². The van der Waals surface area contributed by atoms with Gasteiger partial charge in [0.25, 0.3) is 0 Å². The molecule has 1 aliphatic carbocycles. The second-order valence-corrected chi connectivity index (χ2v) is 6.21. The Morgan fingerprint density at radius 1 is 1.32 bits per heavy atom. The first-order chi connectivity index (χ1) is 10.5. The van der Waals surface area contributed by atoms with Crippen LogP contribution in [0.1, 0.15) is 49.7 Å². The number of nitrogens with one attached hydrogen (secondary N) is 1. The van der Waals surface area contributed by atoms with Crippen LogP contribution in [0.4, 0.5) is 5.82 Å². The Labute approximate surface area is 130 Å². The van der Waals surface area contributed by atoms with Crippen LogP contribution in [0.2, 0.25) is 0 Å². The van der Waals surface area contributed by atoms with Gasteiger partial charge in [-0.3, -0.25) is 14.2 Å². The number of rotatable bonds is 4. The molecule has 22 heavy (non-hydrogen) atoms. The summed E-state index contributed by atoms with van der Waals surface area (Å²) in [6.45, 7) is 4.14. The van der Waals surface area contributed by atoms with E-state index in [4.69, 9.17) is 0 Å². The predicted octanol–water partition coefficient (Wildman–Crippen LogP) is 2.26. The van der Waals surface area contributed by atoms with Crippen LogP contribution < -0.4 is 5.32 Å². The van der Waals surface area contributed by atoms with E-state index >= 15 is 0 Å². The van der Waals surface area contributed by atoms with Crippen LogP contribution in [0.3, 0.4) is 0 Å². The number of nitrogens with zero attached hydrogens (tertiary/aromatic N) is 4. The second kappa shape index (κ2) is 5.94. The fourth-order valence-corrected chi connectivity index (χ4v) is 2.94. The third-order valence-corrected chi connectivity index (χ3v) is 4.11. The van der Waals surface area contributed by atoms with E-state index in [9.17, 15) is 4.79 Å². The first kappa shape index (κ1) is 14.8. The maximum absolute atomic E-state index is 12.3. The lowest BCUT2D eigenvalue weighted by Crippen LogP contribution is -2.18. The van der Waals surface area contributed by atoms with Crippen LogP contribution >= 0.6 is 0 Å². The van der Waals surface area contributed by atoms with Crippen molar-refractivity contribution in [3.8, 4) is 0 Å². The molecule has 3 rings (SSSR count). The number of carbonyl (C=O) groups excluding carboxylic acids is 1. The lowest BCUT2D eigenvalue weighted by Gasteiger charge is -2.12. The third-order valence-electron chi connectivity index (χ3n) is 4.11. The Morgan fingerprint density at radius 2 is 2.09 bits per heavy atom. The lowest BCUT2D eigenvalue weighted by molar-refractivity contribution is -0.115. The van der Waals surface area contributed by atoms with Crippen molar-refractivity contribution in [3.05, 3.63) is 29.2 Å². The van der Waals surface area contributed by atoms with Gasteiger partial charge in [-0.15, -0.1) is 0 Å². The van der Waals surface area contributed by atoms with Crippen molar-refractivity contribution in [2.75, 3.05) is 5.32 Å². The average Bonchev–Trinajstić information content (AvgIpc) is 3.05. The zero-order valence-corrected chi connectivity index (χ0v) is 13.5. The molecule has 0 spiro atoms. The molecule has 0 aromatic carbocycles. The summed E-state index contributed by atoms with van der Waals surface area (Å²) in [7, 11) is 1.89. The van der Waals surface area contributed by atoms with E-state index in [-0.39, 0.29) is 5.91 Å². The summed E-state index contributed by atoms with van der Waals surface area (Å²) >= 11 is 0. The highest BCUT2D eigenvalue weighted by atomic mass is 16.1. The van der Waals surface area contributed by atoms with Crippen LogP contribution in [0, 0.1) is 0 Å². The van der Waals surface area contributed by atoms with E-state index in [1.54, 1.807) is 4.68 Å². The lowest BCUT2D eigenvalue weighted by atomic mass is 9.97. The van der Waals surface area contributed by atoms with E-state index in [0.29, 0.717) is 12.5 Å². The van der Waals surface area contributed by atoms with Gasteiger partial charge in [0.15, 0.2) is 0 Å². The Bertz CT molecular complexity index is 683. The molecule has 0 atom stereocenters. The van der Waals surface area contributed by atoms with Gasteiger partial charge >= 0.3 is 0 Å². The van der Waals surface area contributed by atoms with Gasteiger partial charge in [-0.05, 0) is 45.6 Å². The molecule has 0 saturated heterocycles. The third kappa shape index (κ3) is 2.91. The molecule has 0 saturated carbocycles. The molecule has 2 heterocycles. The van der Waals surface area contributed by atoms with Crippen LogP contribution in [0.5, 0.6) is 0 Å². The van der Waals surface area contributed by atoms with Gasteiger partial charge in [0.1, 0.15) is 5.82 Å². The van der Waals surface area contributed by atoms with Crippen molar-refractivity contribution in [1.29, 1.82) is 0 Å². The van der Waals surface area contributed by atoms with Gasteiger partial charge < -0.3 is 5.32 Å². The highest BCUT2D eigenvalue weighted by Gasteiger charge is 2.20. The van der Waals surface area contributed by atoms with E-state index in [2.05, 4.69) is 29.4 Å². The fourth-order valence-electron chi connectivity index (χ4n) is 2.94. The number of aryl methyl sites for hydroxylation is 2. The van der Waals surface area contributed by atoms with E-state index in [1.165, 1.54) is 18.4 Å². The molecule has 0 bridgehead atoms. The van der Waals surface area contributed by atoms with Gasteiger partial charge in [-0.1, -0.05) is 0 Å². The van der Waals surface area contributed by atoms with Crippen LogP contribution in [0.15, 0.2) is 12.3 Å². The summed E-state index contributed by atoms with van der Waals surface area (Å²) in [6.07, 6.45) is 6.57. The standard InChI is InChI=1S/C16H23N5O/c1-11(2)21-9-8-12(18-21)10-15(22)17-16-13-6-4-5-7-14(13)19-20(16)3/h8-9,11H,4-7,10H2,1-3H3,(H,17,22). The van der Waals surface area contributed by atoms with Crippen molar-refractivity contribution in [2.24, 2.45) is 7.05 Å². The summed E-state index contributed by atoms with van der Waals surface area (Å²) < 4.78 is 3.66. The molecule has 0 aliphatic heterocycles. The van der Waals surface area contributed by atoms with E-state index in [0.717, 1.165) is 30.0 Å². The molecule has 2 aromatic heterocycles. The van der Waals surface area contributed by atoms with Crippen LogP contribution in [-0.4, -0.2) is 25.5 Å². The quantitative estimate of drug-likeness (QED) is 0.942.